The van der Waals surface area contributed by atoms with E-state index in [1.54, 1.807) is 19.2 Å². The Bertz CT molecular complexity index is 1290. The molecule has 38 heavy (non-hydrogen) atoms. The number of piperazine rings is 1. The molecule has 0 aliphatic carbocycles. The molecule has 7 nitrogen and oxygen atoms in total. The molecule has 0 unspecified atom stereocenters. The lowest BCUT2D eigenvalue weighted by atomic mass is 9.97. The van der Waals surface area contributed by atoms with Crippen LogP contribution in [0.2, 0.25) is 5.02 Å². The molecule has 198 valence electrons. The number of amides is 1. The Labute approximate surface area is 229 Å². The lowest BCUT2D eigenvalue weighted by Crippen LogP contribution is -2.49. The number of rotatable bonds is 8. The van der Waals surface area contributed by atoms with Gasteiger partial charge >= 0.3 is 0 Å². The second kappa shape index (κ2) is 12.0. The van der Waals surface area contributed by atoms with Gasteiger partial charge in [-0.05, 0) is 23.8 Å². The van der Waals surface area contributed by atoms with E-state index < -0.39 is 0 Å². The van der Waals surface area contributed by atoms with E-state index in [9.17, 15) is 4.79 Å². The van der Waals surface area contributed by atoms with E-state index in [-0.39, 0.29) is 11.9 Å². The van der Waals surface area contributed by atoms with Crippen molar-refractivity contribution in [2.24, 2.45) is 5.10 Å². The number of carbonyl (C=O) groups is 1. The van der Waals surface area contributed by atoms with Gasteiger partial charge in [-0.25, -0.2) is 5.01 Å². The van der Waals surface area contributed by atoms with E-state index in [0.29, 0.717) is 29.5 Å². The summed E-state index contributed by atoms with van der Waals surface area (Å²) >= 11 is 6.51. The van der Waals surface area contributed by atoms with Gasteiger partial charge < -0.3 is 9.47 Å². The normalized spacial score (nSPS) is 18.3. The number of ether oxygens (including phenoxy) is 2. The first-order valence-electron chi connectivity index (χ1n) is 12.9. The molecule has 0 N–H and O–H groups in total. The number of hydrogen-bond acceptors (Lipinski definition) is 6. The molecule has 2 aliphatic heterocycles. The van der Waals surface area contributed by atoms with Crippen LogP contribution >= 0.6 is 11.6 Å². The second-order valence-corrected chi connectivity index (χ2v) is 10.0. The third-order valence-electron chi connectivity index (χ3n) is 7.22. The van der Waals surface area contributed by atoms with E-state index in [1.165, 1.54) is 5.56 Å². The zero-order valence-corrected chi connectivity index (χ0v) is 22.6. The highest BCUT2D eigenvalue weighted by Gasteiger charge is 2.36. The maximum Gasteiger partial charge on any atom is 0.257 e. The number of benzene rings is 3. The van der Waals surface area contributed by atoms with Crippen LogP contribution in [-0.4, -0.2) is 73.4 Å². The maximum absolute atomic E-state index is 13.7. The highest BCUT2D eigenvalue weighted by Crippen LogP contribution is 2.40. The van der Waals surface area contributed by atoms with Gasteiger partial charge in [0.05, 0.1) is 32.5 Å². The summed E-state index contributed by atoms with van der Waals surface area (Å²) in [7, 11) is 3.25. The molecule has 3 aromatic carbocycles. The van der Waals surface area contributed by atoms with Gasteiger partial charge in [0.25, 0.3) is 5.91 Å². The number of hydrogen-bond donors (Lipinski definition) is 0. The largest absolute Gasteiger partial charge is 0.497 e. The van der Waals surface area contributed by atoms with Crippen LogP contribution in [-0.2, 0) is 11.3 Å². The number of hydrazone groups is 1. The topological polar surface area (TPSA) is 57.6 Å². The van der Waals surface area contributed by atoms with Crippen molar-refractivity contribution in [3.8, 4) is 11.5 Å². The van der Waals surface area contributed by atoms with Crippen LogP contribution in [0.15, 0.2) is 77.9 Å². The van der Waals surface area contributed by atoms with E-state index in [0.717, 1.165) is 49.6 Å². The molecule has 1 atom stereocenters. The number of halogens is 1. The molecule has 8 heteroatoms. The van der Waals surface area contributed by atoms with Gasteiger partial charge in [-0.15, -0.1) is 0 Å². The van der Waals surface area contributed by atoms with Gasteiger partial charge in [0.15, 0.2) is 0 Å². The molecular weight excluding hydrogens is 500 g/mol. The molecule has 5 rings (SSSR count). The minimum Gasteiger partial charge on any atom is -0.497 e. The van der Waals surface area contributed by atoms with Crippen molar-refractivity contribution in [2.75, 3.05) is 46.9 Å². The summed E-state index contributed by atoms with van der Waals surface area (Å²) in [6.45, 7) is 4.76. The average Bonchev–Trinajstić information content (AvgIpc) is 3.40. The summed E-state index contributed by atoms with van der Waals surface area (Å²) in [4.78, 5) is 18.4. The molecule has 1 amide bonds. The fourth-order valence-corrected chi connectivity index (χ4v) is 5.39. The zero-order valence-electron chi connectivity index (χ0n) is 21.8. The minimum atomic E-state index is -0.297. The van der Waals surface area contributed by atoms with Crippen molar-refractivity contribution in [2.45, 2.75) is 19.0 Å². The zero-order chi connectivity index (χ0) is 26.5. The molecule has 2 heterocycles. The molecule has 0 bridgehead atoms. The Hall–Kier alpha value is -3.39. The molecule has 1 fully saturated rings. The van der Waals surface area contributed by atoms with Gasteiger partial charge in [0.2, 0.25) is 0 Å². The summed E-state index contributed by atoms with van der Waals surface area (Å²) in [6, 6.07) is 23.5. The summed E-state index contributed by atoms with van der Waals surface area (Å²) < 4.78 is 11.1. The van der Waals surface area contributed by atoms with Crippen LogP contribution < -0.4 is 9.47 Å². The molecule has 0 spiro atoms. The molecule has 0 saturated carbocycles. The van der Waals surface area contributed by atoms with Gasteiger partial charge in [-0.1, -0.05) is 60.1 Å². The van der Waals surface area contributed by atoms with E-state index in [1.807, 2.05) is 48.5 Å². The first-order chi connectivity index (χ1) is 18.6. The van der Waals surface area contributed by atoms with E-state index >= 15 is 0 Å². The predicted molar refractivity (Wildman–Crippen MR) is 150 cm³/mol. The molecule has 2 aliphatic rings. The minimum absolute atomic E-state index is 0.0357. The Kier molecular flexibility index (Phi) is 8.27. The fraction of sp³-hybridized carbons (Fsp3) is 0.333. The third-order valence-corrected chi connectivity index (χ3v) is 7.55. The smallest absolute Gasteiger partial charge is 0.257 e. The number of nitrogens with zero attached hydrogens (tertiary/aromatic N) is 4. The Morgan fingerprint density at radius 2 is 1.63 bits per heavy atom. The first-order valence-corrected chi connectivity index (χ1v) is 13.3. The van der Waals surface area contributed by atoms with Crippen molar-refractivity contribution < 1.29 is 14.3 Å². The van der Waals surface area contributed by atoms with Crippen LogP contribution in [0.4, 0.5) is 0 Å². The summed E-state index contributed by atoms with van der Waals surface area (Å²) in [5.74, 6) is 1.32. The van der Waals surface area contributed by atoms with Crippen molar-refractivity contribution >= 4 is 23.2 Å². The Morgan fingerprint density at radius 1 is 0.921 bits per heavy atom. The SMILES string of the molecule is COc1ccc([C@@H]2CC(c3ccccc3Cl)=NN2C(=O)CN2CCN(Cc3ccccc3)CC2)c(OC)c1. The van der Waals surface area contributed by atoms with Crippen LogP contribution in [0.1, 0.15) is 29.2 Å². The maximum atomic E-state index is 13.7. The molecule has 1 saturated heterocycles. The van der Waals surface area contributed by atoms with Crippen molar-refractivity contribution in [1.82, 2.24) is 14.8 Å². The fourth-order valence-electron chi connectivity index (χ4n) is 5.15. The Morgan fingerprint density at radius 3 is 2.34 bits per heavy atom. The van der Waals surface area contributed by atoms with Crippen molar-refractivity contribution in [3.05, 3.63) is 94.5 Å². The lowest BCUT2D eigenvalue weighted by Gasteiger charge is -2.35. The van der Waals surface area contributed by atoms with Gasteiger partial charge in [-0.3, -0.25) is 14.6 Å². The summed E-state index contributed by atoms with van der Waals surface area (Å²) in [5, 5.41) is 7.07. The van der Waals surface area contributed by atoms with Crippen LogP contribution in [0.25, 0.3) is 0 Å². The van der Waals surface area contributed by atoms with E-state index in [4.69, 9.17) is 26.2 Å². The lowest BCUT2D eigenvalue weighted by molar-refractivity contribution is -0.134. The van der Waals surface area contributed by atoms with Gasteiger partial charge in [0, 0.05) is 61.4 Å². The van der Waals surface area contributed by atoms with Crippen LogP contribution in [0.5, 0.6) is 11.5 Å². The molecule has 0 radical (unpaired) electrons. The first kappa shape index (κ1) is 26.2. The number of methoxy groups -OCH3 is 2. The number of carbonyl (C=O) groups excluding carboxylic acids is 1. The van der Waals surface area contributed by atoms with Crippen LogP contribution in [0, 0.1) is 0 Å². The highest BCUT2D eigenvalue weighted by atomic mass is 35.5. The Balaban J connectivity index is 1.33. The van der Waals surface area contributed by atoms with Gasteiger partial charge in [-0.2, -0.15) is 5.10 Å². The molecule has 3 aromatic rings. The summed E-state index contributed by atoms with van der Waals surface area (Å²) in [5.41, 5.74) is 3.84. The van der Waals surface area contributed by atoms with E-state index in [2.05, 4.69) is 34.1 Å². The predicted octanol–water partition coefficient (Wildman–Crippen LogP) is 4.85. The summed E-state index contributed by atoms with van der Waals surface area (Å²) in [6.07, 6.45) is 0.545. The van der Waals surface area contributed by atoms with Crippen molar-refractivity contribution in [1.29, 1.82) is 0 Å². The van der Waals surface area contributed by atoms with Gasteiger partial charge in [0.1, 0.15) is 11.5 Å². The average molecular weight is 533 g/mol. The third kappa shape index (κ3) is 5.85. The quantitative estimate of drug-likeness (QED) is 0.415. The molecular formula is C30H33ClN4O3. The molecule has 0 aromatic heterocycles. The standard InChI is InChI=1S/C30H33ClN4O3/c1-37-23-12-13-25(29(18-23)38-2)28-19-27(24-10-6-7-11-26(24)31)32-35(28)30(36)21-34-16-14-33(15-17-34)20-22-8-4-3-5-9-22/h3-13,18,28H,14-17,19-21H2,1-2H3/t28-/m0/s1. The van der Waals surface area contributed by atoms with Crippen LogP contribution in [0.3, 0.4) is 0 Å². The second-order valence-electron chi connectivity index (χ2n) is 9.63. The van der Waals surface area contributed by atoms with Crippen molar-refractivity contribution in [3.63, 3.8) is 0 Å². The monoisotopic (exact) mass is 532 g/mol. The highest BCUT2D eigenvalue weighted by molar-refractivity contribution is 6.34.